The Balaban J connectivity index is 2.44. The molecule has 3 N–H and O–H groups in total. The van der Waals surface area contributed by atoms with Gasteiger partial charge in [-0.2, -0.15) is 5.10 Å². The lowest BCUT2D eigenvalue weighted by Crippen LogP contribution is -2.37. The van der Waals surface area contributed by atoms with Gasteiger partial charge in [0.05, 0.1) is 19.4 Å². The Morgan fingerprint density at radius 3 is 2.50 bits per heavy atom. The maximum Gasteiger partial charge on any atom is 0.0537 e. The average Bonchev–Trinajstić information content (AvgIpc) is 2.60. The van der Waals surface area contributed by atoms with Gasteiger partial charge in [0.1, 0.15) is 0 Å². The fourth-order valence-electron chi connectivity index (χ4n) is 1.38. The van der Waals surface area contributed by atoms with Gasteiger partial charge in [-0.1, -0.05) is 6.92 Å². The van der Waals surface area contributed by atoms with E-state index in [-0.39, 0.29) is 13.2 Å². The minimum absolute atomic E-state index is 0.0253. The van der Waals surface area contributed by atoms with E-state index in [1.807, 2.05) is 31.8 Å². The molecular formula is C11H21N3O2. The summed E-state index contributed by atoms with van der Waals surface area (Å²) in [5.41, 5.74) is 1.80. The van der Waals surface area contributed by atoms with Crippen LogP contribution < -0.4 is 5.32 Å². The number of aryl methyl sites for hydroxylation is 1. The highest BCUT2D eigenvalue weighted by Crippen LogP contribution is 2.13. The van der Waals surface area contributed by atoms with Crippen LogP contribution >= 0.6 is 0 Å². The van der Waals surface area contributed by atoms with Crippen molar-refractivity contribution in [3.05, 3.63) is 17.5 Å². The van der Waals surface area contributed by atoms with Crippen LogP contribution in [-0.4, -0.2) is 39.8 Å². The number of nitrogens with zero attached hydrogens (tertiary/aromatic N) is 2. The van der Waals surface area contributed by atoms with Crippen molar-refractivity contribution in [1.82, 2.24) is 15.1 Å². The summed E-state index contributed by atoms with van der Waals surface area (Å²) in [7, 11) is 1.91. The second kappa shape index (κ2) is 5.43. The lowest BCUT2D eigenvalue weighted by atomic mass is 9.93. The average molecular weight is 227 g/mol. The Kier molecular flexibility index (Phi) is 4.46. The largest absolute Gasteiger partial charge is 0.396 e. The topological polar surface area (TPSA) is 70.3 Å². The maximum atomic E-state index is 9.12. The Hall–Kier alpha value is -0.910. The summed E-state index contributed by atoms with van der Waals surface area (Å²) < 4.78 is 1.83. The first-order chi connectivity index (χ1) is 7.52. The predicted molar refractivity (Wildman–Crippen MR) is 61.9 cm³/mol. The molecule has 0 amide bonds. The number of aliphatic hydroxyl groups is 2. The van der Waals surface area contributed by atoms with E-state index in [2.05, 4.69) is 10.4 Å². The van der Waals surface area contributed by atoms with E-state index >= 15 is 0 Å². The summed E-state index contributed by atoms with van der Waals surface area (Å²) in [6.45, 7) is 5.09. The van der Waals surface area contributed by atoms with Gasteiger partial charge >= 0.3 is 0 Å². The second-order valence-corrected chi connectivity index (χ2v) is 4.61. The van der Waals surface area contributed by atoms with Gasteiger partial charge in [-0.05, 0) is 6.92 Å². The first kappa shape index (κ1) is 13.2. The fourth-order valence-corrected chi connectivity index (χ4v) is 1.38. The van der Waals surface area contributed by atoms with E-state index in [0.29, 0.717) is 13.1 Å². The quantitative estimate of drug-likeness (QED) is 0.630. The van der Waals surface area contributed by atoms with Crippen LogP contribution in [0.3, 0.4) is 0 Å². The fraction of sp³-hybridized carbons (Fsp3) is 0.727. The molecule has 0 aliphatic rings. The molecule has 0 radical (unpaired) electrons. The maximum absolute atomic E-state index is 9.12. The van der Waals surface area contributed by atoms with E-state index in [0.717, 1.165) is 11.3 Å². The molecular weight excluding hydrogens is 206 g/mol. The van der Waals surface area contributed by atoms with Crippen LogP contribution in [0.2, 0.25) is 0 Å². The molecule has 0 aromatic carbocycles. The summed E-state index contributed by atoms with van der Waals surface area (Å²) >= 11 is 0. The normalized spacial score (nSPS) is 12.1. The zero-order valence-corrected chi connectivity index (χ0v) is 10.2. The Morgan fingerprint density at radius 1 is 1.44 bits per heavy atom. The summed E-state index contributed by atoms with van der Waals surface area (Å²) in [5.74, 6) is 0. The van der Waals surface area contributed by atoms with Crippen LogP contribution in [0.5, 0.6) is 0 Å². The van der Waals surface area contributed by atoms with Crippen molar-refractivity contribution in [2.75, 3.05) is 19.8 Å². The molecule has 16 heavy (non-hydrogen) atoms. The molecule has 0 bridgehead atoms. The van der Waals surface area contributed by atoms with E-state index in [1.165, 1.54) is 0 Å². The molecule has 92 valence electrons. The SMILES string of the molecule is Cc1c(CNCC(C)(CO)CO)cnn1C. The summed E-state index contributed by atoms with van der Waals surface area (Å²) in [6.07, 6.45) is 1.83. The number of nitrogens with one attached hydrogen (secondary N) is 1. The summed E-state index contributed by atoms with van der Waals surface area (Å²) in [4.78, 5) is 0. The van der Waals surface area contributed by atoms with Crippen molar-refractivity contribution >= 4 is 0 Å². The van der Waals surface area contributed by atoms with Gasteiger partial charge < -0.3 is 15.5 Å². The zero-order chi connectivity index (χ0) is 12.2. The summed E-state index contributed by atoms with van der Waals surface area (Å²) in [6, 6.07) is 0. The smallest absolute Gasteiger partial charge is 0.0537 e. The lowest BCUT2D eigenvalue weighted by molar-refractivity contribution is 0.0695. The van der Waals surface area contributed by atoms with Gasteiger partial charge in [0.2, 0.25) is 0 Å². The molecule has 1 aromatic heterocycles. The molecule has 0 unspecified atom stereocenters. The molecule has 0 saturated heterocycles. The zero-order valence-electron chi connectivity index (χ0n) is 10.2. The third kappa shape index (κ3) is 3.04. The number of aliphatic hydroxyl groups excluding tert-OH is 2. The van der Waals surface area contributed by atoms with Crippen molar-refractivity contribution in [2.45, 2.75) is 20.4 Å². The molecule has 5 heteroatoms. The molecule has 0 atom stereocenters. The van der Waals surface area contributed by atoms with Crippen molar-refractivity contribution in [1.29, 1.82) is 0 Å². The minimum Gasteiger partial charge on any atom is -0.396 e. The van der Waals surface area contributed by atoms with Crippen molar-refractivity contribution in [3.63, 3.8) is 0 Å². The third-order valence-corrected chi connectivity index (χ3v) is 2.97. The Bertz CT molecular complexity index is 332. The highest BCUT2D eigenvalue weighted by Gasteiger charge is 2.21. The van der Waals surface area contributed by atoms with E-state index in [9.17, 15) is 0 Å². The second-order valence-electron chi connectivity index (χ2n) is 4.61. The van der Waals surface area contributed by atoms with Gasteiger partial charge in [-0.3, -0.25) is 4.68 Å². The van der Waals surface area contributed by atoms with Crippen molar-refractivity contribution in [2.24, 2.45) is 12.5 Å². The van der Waals surface area contributed by atoms with Crippen LogP contribution in [0.1, 0.15) is 18.2 Å². The van der Waals surface area contributed by atoms with E-state index < -0.39 is 5.41 Å². The number of hydrogen-bond donors (Lipinski definition) is 3. The highest BCUT2D eigenvalue weighted by molar-refractivity contribution is 5.15. The van der Waals surface area contributed by atoms with Crippen LogP contribution in [-0.2, 0) is 13.6 Å². The molecule has 5 nitrogen and oxygen atoms in total. The monoisotopic (exact) mass is 227 g/mol. The Labute approximate surface area is 96.1 Å². The molecule has 0 saturated carbocycles. The molecule has 1 rings (SSSR count). The van der Waals surface area contributed by atoms with Crippen LogP contribution in [0.25, 0.3) is 0 Å². The van der Waals surface area contributed by atoms with Gasteiger partial charge in [0.15, 0.2) is 0 Å². The molecule has 1 heterocycles. The number of aromatic nitrogens is 2. The molecule has 1 aromatic rings. The van der Waals surface area contributed by atoms with Crippen molar-refractivity contribution < 1.29 is 10.2 Å². The van der Waals surface area contributed by atoms with Gasteiger partial charge in [0, 0.05) is 36.8 Å². The van der Waals surface area contributed by atoms with Crippen LogP contribution in [0.4, 0.5) is 0 Å². The molecule has 0 aliphatic heterocycles. The lowest BCUT2D eigenvalue weighted by Gasteiger charge is -2.24. The standard InChI is InChI=1S/C11H21N3O2/c1-9-10(5-13-14(9)3)4-12-6-11(2,7-15)8-16/h5,12,15-16H,4,6-8H2,1-3H3. The minimum atomic E-state index is -0.462. The molecule has 0 aliphatic carbocycles. The first-order valence-electron chi connectivity index (χ1n) is 5.42. The molecule has 0 fully saturated rings. The number of hydrogen-bond acceptors (Lipinski definition) is 4. The van der Waals surface area contributed by atoms with Gasteiger partial charge in [0.25, 0.3) is 0 Å². The van der Waals surface area contributed by atoms with Gasteiger partial charge in [-0.25, -0.2) is 0 Å². The Morgan fingerprint density at radius 2 is 2.06 bits per heavy atom. The van der Waals surface area contributed by atoms with Gasteiger partial charge in [-0.15, -0.1) is 0 Å². The highest BCUT2D eigenvalue weighted by atomic mass is 16.3. The van der Waals surface area contributed by atoms with Crippen molar-refractivity contribution in [3.8, 4) is 0 Å². The molecule has 0 spiro atoms. The van der Waals surface area contributed by atoms with Crippen LogP contribution in [0.15, 0.2) is 6.20 Å². The summed E-state index contributed by atoms with van der Waals surface area (Å²) in [5, 5.41) is 25.6. The predicted octanol–water partition coefficient (Wildman–Crippen LogP) is -0.191. The van der Waals surface area contributed by atoms with Crippen LogP contribution in [0, 0.1) is 12.3 Å². The third-order valence-electron chi connectivity index (χ3n) is 2.97. The number of rotatable bonds is 6. The van der Waals surface area contributed by atoms with E-state index in [1.54, 1.807) is 0 Å². The first-order valence-corrected chi connectivity index (χ1v) is 5.42. The van der Waals surface area contributed by atoms with E-state index in [4.69, 9.17) is 10.2 Å².